The predicted molar refractivity (Wildman–Crippen MR) is 111 cm³/mol. The second-order valence-electron chi connectivity index (χ2n) is 6.54. The van der Waals surface area contributed by atoms with Crippen LogP contribution in [0, 0.1) is 0 Å². The Balaban J connectivity index is 1.36. The summed E-state index contributed by atoms with van der Waals surface area (Å²) in [5.74, 6) is -0.0314. The van der Waals surface area contributed by atoms with Crippen molar-refractivity contribution in [3.63, 3.8) is 0 Å². The van der Waals surface area contributed by atoms with Crippen LogP contribution >= 0.6 is 11.3 Å². The Kier molecular flexibility index (Phi) is 5.30. The third-order valence-corrected chi connectivity index (χ3v) is 5.43. The van der Waals surface area contributed by atoms with Gasteiger partial charge in [0.15, 0.2) is 0 Å². The highest BCUT2D eigenvalue weighted by molar-refractivity contribution is 7.13. The van der Waals surface area contributed by atoms with E-state index < -0.39 is 0 Å². The van der Waals surface area contributed by atoms with Crippen LogP contribution < -0.4 is 5.32 Å². The molecule has 5 nitrogen and oxygen atoms in total. The van der Waals surface area contributed by atoms with Crippen molar-refractivity contribution < 1.29 is 4.79 Å². The fourth-order valence-corrected chi connectivity index (χ4v) is 3.81. The number of benzene rings is 2. The molecule has 0 saturated heterocycles. The van der Waals surface area contributed by atoms with Gasteiger partial charge in [-0.2, -0.15) is 0 Å². The predicted octanol–water partition coefficient (Wildman–Crippen LogP) is 4.42. The van der Waals surface area contributed by atoms with Crippen LogP contribution in [-0.4, -0.2) is 20.4 Å². The van der Waals surface area contributed by atoms with Crippen molar-refractivity contribution in [2.24, 2.45) is 0 Å². The molecule has 140 valence electrons. The number of rotatable bonds is 6. The van der Waals surface area contributed by atoms with Gasteiger partial charge in [-0.3, -0.25) is 4.79 Å². The van der Waals surface area contributed by atoms with Crippen molar-refractivity contribution >= 4 is 17.2 Å². The number of nitrogens with one attached hydrogen (secondary N) is 1. The minimum Gasteiger partial charge on any atom is -0.349 e. The van der Waals surface area contributed by atoms with Crippen LogP contribution in [0.1, 0.15) is 24.2 Å². The average Bonchev–Trinajstić information content (AvgIpc) is 3.41. The van der Waals surface area contributed by atoms with Crippen LogP contribution in [0.4, 0.5) is 0 Å². The standard InChI is InChI=1S/C22H20N4OS/c1-16(17-7-9-20(10-8-17)26-12-11-23-15-26)24-21(27)13-19-14-28-22(25-19)18-5-3-2-4-6-18/h2-12,14-16H,13H2,1H3,(H,24,27)/t16-/m1/s1. The van der Waals surface area contributed by atoms with Crippen LogP contribution in [0.25, 0.3) is 16.3 Å². The molecule has 0 radical (unpaired) electrons. The first-order chi connectivity index (χ1) is 13.7. The zero-order chi connectivity index (χ0) is 19.3. The van der Waals surface area contributed by atoms with Gasteiger partial charge in [0.2, 0.25) is 5.91 Å². The van der Waals surface area contributed by atoms with Crippen molar-refractivity contribution in [2.75, 3.05) is 0 Å². The Morgan fingerprint density at radius 3 is 2.64 bits per heavy atom. The summed E-state index contributed by atoms with van der Waals surface area (Å²) in [7, 11) is 0. The lowest BCUT2D eigenvalue weighted by atomic mass is 10.1. The van der Waals surface area contributed by atoms with Gasteiger partial charge >= 0.3 is 0 Å². The first-order valence-corrected chi connectivity index (χ1v) is 9.94. The molecule has 2 aromatic heterocycles. The summed E-state index contributed by atoms with van der Waals surface area (Å²) in [6.07, 6.45) is 5.69. The van der Waals surface area contributed by atoms with Crippen LogP contribution in [0.2, 0.25) is 0 Å². The van der Waals surface area contributed by atoms with E-state index in [1.807, 2.05) is 77.7 Å². The zero-order valence-electron chi connectivity index (χ0n) is 15.4. The number of thiazole rings is 1. The second kappa shape index (κ2) is 8.19. The van der Waals surface area contributed by atoms with Crippen LogP contribution in [0.3, 0.4) is 0 Å². The number of aromatic nitrogens is 3. The van der Waals surface area contributed by atoms with Gasteiger partial charge in [0.1, 0.15) is 5.01 Å². The summed E-state index contributed by atoms with van der Waals surface area (Å²) in [4.78, 5) is 21.1. The monoisotopic (exact) mass is 388 g/mol. The van der Waals surface area contributed by atoms with Gasteiger partial charge in [-0.25, -0.2) is 9.97 Å². The molecule has 2 heterocycles. The molecule has 1 atom stereocenters. The summed E-state index contributed by atoms with van der Waals surface area (Å²) in [6, 6.07) is 18.0. The second-order valence-corrected chi connectivity index (χ2v) is 7.40. The highest BCUT2D eigenvalue weighted by Gasteiger charge is 2.13. The molecule has 0 unspecified atom stereocenters. The Morgan fingerprint density at radius 1 is 1.14 bits per heavy atom. The highest BCUT2D eigenvalue weighted by Crippen LogP contribution is 2.23. The van der Waals surface area contributed by atoms with Crippen LogP contribution in [0.5, 0.6) is 0 Å². The van der Waals surface area contributed by atoms with E-state index in [-0.39, 0.29) is 18.4 Å². The molecule has 0 aliphatic carbocycles. The first kappa shape index (κ1) is 18.1. The summed E-state index contributed by atoms with van der Waals surface area (Å²) in [6.45, 7) is 1.99. The molecule has 6 heteroatoms. The van der Waals surface area contributed by atoms with E-state index in [0.717, 1.165) is 27.5 Å². The molecule has 0 fully saturated rings. The quantitative estimate of drug-likeness (QED) is 0.532. The van der Waals surface area contributed by atoms with E-state index in [1.54, 1.807) is 23.9 Å². The fourth-order valence-electron chi connectivity index (χ4n) is 2.99. The molecule has 4 rings (SSSR count). The van der Waals surface area contributed by atoms with Crippen molar-refractivity contribution in [3.05, 3.63) is 90.0 Å². The third-order valence-electron chi connectivity index (χ3n) is 4.49. The van der Waals surface area contributed by atoms with Gasteiger partial charge in [-0.1, -0.05) is 42.5 Å². The van der Waals surface area contributed by atoms with Crippen molar-refractivity contribution in [3.8, 4) is 16.3 Å². The van der Waals surface area contributed by atoms with Gasteiger partial charge in [0.25, 0.3) is 0 Å². The number of hydrogen-bond donors (Lipinski definition) is 1. The van der Waals surface area contributed by atoms with Gasteiger partial charge in [0, 0.05) is 29.0 Å². The minimum absolute atomic E-state index is 0.0314. The van der Waals surface area contributed by atoms with E-state index in [9.17, 15) is 4.79 Å². The van der Waals surface area contributed by atoms with E-state index in [0.29, 0.717) is 0 Å². The number of carbonyl (C=O) groups excluding carboxylic acids is 1. The van der Waals surface area contributed by atoms with Crippen LogP contribution in [0.15, 0.2) is 78.7 Å². The van der Waals surface area contributed by atoms with Crippen molar-refractivity contribution in [1.29, 1.82) is 0 Å². The molecule has 4 aromatic rings. The topological polar surface area (TPSA) is 59.8 Å². The van der Waals surface area contributed by atoms with Crippen molar-refractivity contribution in [1.82, 2.24) is 19.9 Å². The summed E-state index contributed by atoms with van der Waals surface area (Å²) in [5, 5.41) is 5.94. The van der Waals surface area contributed by atoms with Gasteiger partial charge in [0.05, 0.1) is 24.5 Å². The zero-order valence-corrected chi connectivity index (χ0v) is 16.3. The van der Waals surface area contributed by atoms with Gasteiger partial charge in [-0.05, 0) is 24.6 Å². The molecular formula is C22H20N4OS. The van der Waals surface area contributed by atoms with E-state index >= 15 is 0 Å². The first-order valence-electron chi connectivity index (χ1n) is 9.06. The molecule has 0 bridgehead atoms. The normalized spacial score (nSPS) is 11.9. The fraction of sp³-hybridized carbons (Fsp3) is 0.136. The Bertz CT molecular complexity index is 1040. The molecule has 0 aliphatic heterocycles. The third kappa shape index (κ3) is 4.18. The molecule has 2 aromatic carbocycles. The summed E-state index contributed by atoms with van der Waals surface area (Å²) in [5.41, 5.74) is 3.96. The molecule has 0 saturated carbocycles. The minimum atomic E-state index is -0.0726. The van der Waals surface area contributed by atoms with E-state index in [2.05, 4.69) is 15.3 Å². The smallest absolute Gasteiger partial charge is 0.226 e. The summed E-state index contributed by atoms with van der Waals surface area (Å²) < 4.78 is 1.94. The number of amides is 1. The molecule has 0 aliphatic rings. The molecular weight excluding hydrogens is 368 g/mol. The maximum Gasteiger partial charge on any atom is 0.226 e. The number of hydrogen-bond acceptors (Lipinski definition) is 4. The van der Waals surface area contributed by atoms with E-state index in [4.69, 9.17) is 0 Å². The Labute approximate surface area is 167 Å². The maximum atomic E-state index is 12.4. The lowest BCUT2D eigenvalue weighted by Gasteiger charge is -2.14. The average molecular weight is 388 g/mol. The molecule has 1 amide bonds. The number of carbonyl (C=O) groups is 1. The number of imidazole rings is 1. The molecule has 28 heavy (non-hydrogen) atoms. The summed E-state index contributed by atoms with van der Waals surface area (Å²) >= 11 is 1.56. The highest BCUT2D eigenvalue weighted by atomic mass is 32.1. The van der Waals surface area contributed by atoms with Gasteiger partial charge < -0.3 is 9.88 Å². The lowest BCUT2D eigenvalue weighted by molar-refractivity contribution is -0.121. The van der Waals surface area contributed by atoms with Crippen LogP contribution in [-0.2, 0) is 11.2 Å². The SMILES string of the molecule is C[C@@H](NC(=O)Cc1csc(-c2ccccc2)n1)c1ccc(-n2ccnc2)cc1. The van der Waals surface area contributed by atoms with Gasteiger partial charge in [-0.15, -0.1) is 11.3 Å². The molecule has 1 N–H and O–H groups in total. The maximum absolute atomic E-state index is 12.4. The largest absolute Gasteiger partial charge is 0.349 e. The molecule has 0 spiro atoms. The van der Waals surface area contributed by atoms with Crippen molar-refractivity contribution in [2.45, 2.75) is 19.4 Å². The lowest BCUT2D eigenvalue weighted by Crippen LogP contribution is -2.28. The Morgan fingerprint density at radius 2 is 1.93 bits per heavy atom. The van der Waals surface area contributed by atoms with E-state index in [1.165, 1.54) is 0 Å². The Hall–Kier alpha value is -3.25. The number of nitrogens with zero attached hydrogens (tertiary/aromatic N) is 3.